The molecular weight excluding hydrogens is 210 g/mol. The van der Waals surface area contributed by atoms with Gasteiger partial charge >= 0.3 is 0 Å². The van der Waals surface area contributed by atoms with Crippen LogP contribution in [0.4, 0.5) is 0 Å². The van der Waals surface area contributed by atoms with Crippen LogP contribution in [0.1, 0.15) is 25.3 Å². The fourth-order valence-electron chi connectivity index (χ4n) is 2.35. The highest BCUT2D eigenvalue weighted by Gasteiger charge is 2.20. The SMILES string of the molecule is CCC[C@@H]1CN(C(=N)c2ccccc2)CCN1. The van der Waals surface area contributed by atoms with Crippen LogP contribution < -0.4 is 5.32 Å². The summed E-state index contributed by atoms with van der Waals surface area (Å²) >= 11 is 0. The van der Waals surface area contributed by atoms with Gasteiger partial charge in [-0.3, -0.25) is 5.41 Å². The van der Waals surface area contributed by atoms with Crippen molar-refractivity contribution in [1.29, 1.82) is 5.41 Å². The molecule has 1 aromatic rings. The van der Waals surface area contributed by atoms with Gasteiger partial charge in [0.1, 0.15) is 5.84 Å². The first kappa shape index (κ1) is 12.1. The van der Waals surface area contributed by atoms with E-state index in [2.05, 4.69) is 17.1 Å². The van der Waals surface area contributed by atoms with Gasteiger partial charge in [-0.1, -0.05) is 43.7 Å². The van der Waals surface area contributed by atoms with Gasteiger partial charge in [-0.05, 0) is 6.42 Å². The first-order valence-electron chi connectivity index (χ1n) is 6.43. The molecule has 0 saturated carbocycles. The van der Waals surface area contributed by atoms with Crippen LogP contribution in [-0.4, -0.2) is 36.4 Å². The third kappa shape index (κ3) is 3.07. The highest BCUT2D eigenvalue weighted by molar-refractivity contribution is 5.96. The molecule has 1 fully saturated rings. The Morgan fingerprint density at radius 1 is 1.41 bits per heavy atom. The summed E-state index contributed by atoms with van der Waals surface area (Å²) in [7, 11) is 0. The van der Waals surface area contributed by atoms with Crippen LogP contribution in [0.5, 0.6) is 0 Å². The zero-order valence-corrected chi connectivity index (χ0v) is 10.4. The maximum absolute atomic E-state index is 8.24. The van der Waals surface area contributed by atoms with Crippen LogP contribution >= 0.6 is 0 Å². The molecule has 1 heterocycles. The number of amidine groups is 1. The number of hydrogen-bond donors (Lipinski definition) is 2. The first-order valence-corrected chi connectivity index (χ1v) is 6.43. The Kier molecular flexibility index (Phi) is 4.15. The van der Waals surface area contributed by atoms with E-state index >= 15 is 0 Å². The molecule has 2 rings (SSSR count). The summed E-state index contributed by atoms with van der Waals surface area (Å²) in [6.07, 6.45) is 2.39. The number of nitrogens with one attached hydrogen (secondary N) is 2. The zero-order chi connectivity index (χ0) is 12.1. The van der Waals surface area contributed by atoms with Gasteiger partial charge in [-0.2, -0.15) is 0 Å². The molecule has 1 aromatic carbocycles. The van der Waals surface area contributed by atoms with Gasteiger partial charge in [0.2, 0.25) is 0 Å². The van der Waals surface area contributed by atoms with Crippen LogP contribution in [0.25, 0.3) is 0 Å². The number of piperazine rings is 1. The third-order valence-electron chi connectivity index (χ3n) is 3.26. The van der Waals surface area contributed by atoms with Crippen molar-refractivity contribution in [3.63, 3.8) is 0 Å². The molecule has 0 spiro atoms. The molecule has 1 aliphatic heterocycles. The van der Waals surface area contributed by atoms with E-state index in [1.54, 1.807) is 0 Å². The molecule has 1 saturated heterocycles. The second-order valence-electron chi connectivity index (χ2n) is 4.60. The topological polar surface area (TPSA) is 39.1 Å². The van der Waals surface area contributed by atoms with Crippen molar-refractivity contribution in [2.24, 2.45) is 0 Å². The predicted octanol–water partition coefficient (Wildman–Crippen LogP) is 2.09. The quantitative estimate of drug-likeness (QED) is 0.617. The summed E-state index contributed by atoms with van der Waals surface area (Å²) in [6.45, 7) is 5.10. The molecule has 1 aliphatic rings. The van der Waals surface area contributed by atoms with Crippen LogP contribution in [0.3, 0.4) is 0 Å². The average Bonchev–Trinajstić information content (AvgIpc) is 2.40. The molecule has 0 aromatic heterocycles. The Morgan fingerprint density at radius 3 is 2.88 bits per heavy atom. The minimum Gasteiger partial charge on any atom is -0.354 e. The molecular formula is C14H21N3. The molecule has 0 aliphatic carbocycles. The lowest BCUT2D eigenvalue weighted by Crippen LogP contribution is -2.52. The van der Waals surface area contributed by atoms with Crippen molar-refractivity contribution in [2.45, 2.75) is 25.8 Å². The van der Waals surface area contributed by atoms with E-state index in [9.17, 15) is 0 Å². The van der Waals surface area contributed by atoms with Crippen LogP contribution in [0.2, 0.25) is 0 Å². The van der Waals surface area contributed by atoms with Crippen molar-refractivity contribution in [3.05, 3.63) is 35.9 Å². The van der Waals surface area contributed by atoms with Crippen LogP contribution in [0, 0.1) is 5.41 Å². The van der Waals surface area contributed by atoms with Gasteiger partial charge in [0.05, 0.1) is 0 Å². The van der Waals surface area contributed by atoms with Crippen LogP contribution in [-0.2, 0) is 0 Å². The lowest BCUT2D eigenvalue weighted by Gasteiger charge is -2.35. The van der Waals surface area contributed by atoms with Gasteiger partial charge in [0, 0.05) is 31.2 Å². The number of nitrogens with zero attached hydrogens (tertiary/aromatic N) is 1. The fourth-order valence-corrected chi connectivity index (χ4v) is 2.35. The Bertz CT molecular complexity index is 359. The highest BCUT2D eigenvalue weighted by Crippen LogP contribution is 2.10. The van der Waals surface area contributed by atoms with Gasteiger partial charge in [0.15, 0.2) is 0 Å². The van der Waals surface area contributed by atoms with Gasteiger partial charge in [0.25, 0.3) is 0 Å². The van der Waals surface area contributed by atoms with Gasteiger partial charge < -0.3 is 10.2 Å². The van der Waals surface area contributed by atoms with E-state index in [1.165, 1.54) is 12.8 Å². The van der Waals surface area contributed by atoms with Gasteiger partial charge in [-0.15, -0.1) is 0 Å². The van der Waals surface area contributed by atoms with Crippen molar-refractivity contribution in [3.8, 4) is 0 Å². The molecule has 0 unspecified atom stereocenters. The monoisotopic (exact) mass is 231 g/mol. The lowest BCUT2D eigenvalue weighted by atomic mass is 10.1. The maximum atomic E-state index is 8.24. The Morgan fingerprint density at radius 2 is 2.18 bits per heavy atom. The molecule has 0 radical (unpaired) electrons. The van der Waals surface area contributed by atoms with E-state index in [-0.39, 0.29) is 0 Å². The minimum atomic E-state index is 0.540. The van der Waals surface area contributed by atoms with E-state index in [4.69, 9.17) is 5.41 Å². The fraction of sp³-hybridized carbons (Fsp3) is 0.500. The molecule has 3 heteroatoms. The summed E-state index contributed by atoms with van der Waals surface area (Å²) in [5.74, 6) is 0.660. The molecule has 2 N–H and O–H groups in total. The van der Waals surface area contributed by atoms with E-state index in [1.807, 2.05) is 30.3 Å². The minimum absolute atomic E-state index is 0.540. The first-order chi connectivity index (χ1) is 8.31. The number of benzene rings is 1. The summed E-state index contributed by atoms with van der Waals surface area (Å²) in [5, 5.41) is 11.8. The molecule has 1 atom stereocenters. The second kappa shape index (κ2) is 5.82. The molecule has 92 valence electrons. The smallest absolute Gasteiger partial charge is 0.128 e. The summed E-state index contributed by atoms with van der Waals surface area (Å²) < 4.78 is 0. The Labute approximate surface area is 103 Å². The number of rotatable bonds is 3. The Balaban J connectivity index is 2.00. The summed E-state index contributed by atoms with van der Waals surface area (Å²) in [4.78, 5) is 2.19. The van der Waals surface area contributed by atoms with Crippen molar-refractivity contribution in [1.82, 2.24) is 10.2 Å². The predicted molar refractivity (Wildman–Crippen MR) is 71.5 cm³/mol. The van der Waals surface area contributed by atoms with E-state index < -0.39 is 0 Å². The Hall–Kier alpha value is -1.35. The molecule has 0 bridgehead atoms. The average molecular weight is 231 g/mol. The van der Waals surface area contributed by atoms with E-state index in [0.717, 1.165) is 25.2 Å². The third-order valence-corrected chi connectivity index (χ3v) is 3.26. The van der Waals surface area contributed by atoms with Crippen molar-refractivity contribution in [2.75, 3.05) is 19.6 Å². The highest BCUT2D eigenvalue weighted by atomic mass is 15.2. The van der Waals surface area contributed by atoms with Gasteiger partial charge in [-0.25, -0.2) is 0 Å². The number of hydrogen-bond acceptors (Lipinski definition) is 2. The summed E-state index contributed by atoms with van der Waals surface area (Å²) in [6, 6.07) is 10.6. The molecule has 0 amide bonds. The zero-order valence-electron chi connectivity index (χ0n) is 10.4. The largest absolute Gasteiger partial charge is 0.354 e. The van der Waals surface area contributed by atoms with Crippen molar-refractivity contribution >= 4 is 5.84 Å². The van der Waals surface area contributed by atoms with E-state index in [0.29, 0.717) is 11.9 Å². The second-order valence-corrected chi connectivity index (χ2v) is 4.60. The lowest BCUT2D eigenvalue weighted by molar-refractivity contribution is 0.279. The normalized spacial score (nSPS) is 20.3. The standard InChI is InChI=1S/C14H21N3/c1-2-6-13-11-17(10-9-16-13)14(15)12-7-4-3-5-8-12/h3-5,7-8,13,15-16H,2,6,9-11H2,1H3/t13-/m1/s1. The van der Waals surface area contributed by atoms with Crippen LogP contribution in [0.15, 0.2) is 30.3 Å². The van der Waals surface area contributed by atoms with Crippen molar-refractivity contribution < 1.29 is 0 Å². The summed E-state index contributed by atoms with van der Waals surface area (Å²) in [5.41, 5.74) is 1.02. The maximum Gasteiger partial charge on any atom is 0.128 e. The molecule has 3 nitrogen and oxygen atoms in total. The molecule has 17 heavy (non-hydrogen) atoms.